The summed E-state index contributed by atoms with van der Waals surface area (Å²) in [5.41, 5.74) is 6.52. The van der Waals surface area contributed by atoms with E-state index in [2.05, 4.69) is 49.4 Å². The van der Waals surface area contributed by atoms with Gasteiger partial charge in [0.05, 0.1) is 49.0 Å². The van der Waals surface area contributed by atoms with Crippen molar-refractivity contribution in [1.29, 1.82) is 0 Å². The Balaban J connectivity index is 1.20. The van der Waals surface area contributed by atoms with E-state index in [1.807, 2.05) is 28.9 Å². The molecule has 0 atom stereocenters. The second-order valence-corrected chi connectivity index (χ2v) is 9.42. The molecule has 0 amide bonds. The minimum absolute atomic E-state index is 0.490. The molecule has 3 aromatic heterocycles. The van der Waals surface area contributed by atoms with Gasteiger partial charge in [0.1, 0.15) is 5.69 Å². The lowest BCUT2D eigenvalue weighted by Crippen LogP contribution is -2.47. The Morgan fingerprint density at radius 3 is 2.58 bits per heavy atom. The van der Waals surface area contributed by atoms with Crippen LogP contribution < -0.4 is 10.2 Å². The molecule has 0 unspecified atom stereocenters. The van der Waals surface area contributed by atoms with E-state index in [9.17, 15) is 0 Å². The third-order valence-corrected chi connectivity index (χ3v) is 7.04. The molecule has 0 spiro atoms. The summed E-state index contributed by atoms with van der Waals surface area (Å²) in [5.74, 6) is 0.533. The first-order valence-corrected chi connectivity index (χ1v) is 13.0. The largest absolute Gasteiger partial charge is 0.383 e. The fourth-order valence-corrected chi connectivity index (χ4v) is 4.99. The first-order chi connectivity index (χ1) is 18.8. The highest BCUT2D eigenvalue weighted by Crippen LogP contribution is 2.34. The van der Waals surface area contributed by atoms with Gasteiger partial charge in [0.25, 0.3) is 0 Å². The summed E-state index contributed by atoms with van der Waals surface area (Å²) in [5, 5.41) is 8.23. The Bertz CT molecular complexity index is 1350. The van der Waals surface area contributed by atoms with Crippen LogP contribution >= 0.6 is 0 Å². The summed E-state index contributed by atoms with van der Waals surface area (Å²) < 4.78 is 13.0. The third kappa shape index (κ3) is 5.24. The molecule has 4 aromatic rings. The monoisotopic (exact) mass is 512 g/mol. The van der Waals surface area contributed by atoms with Crippen LogP contribution in [0.1, 0.15) is 5.69 Å². The van der Waals surface area contributed by atoms with Gasteiger partial charge in [0, 0.05) is 63.6 Å². The lowest BCUT2D eigenvalue weighted by molar-refractivity contribution is 0.0804. The average Bonchev–Trinajstić information content (AvgIpc) is 3.37. The normalized spacial score (nSPS) is 15.9. The van der Waals surface area contributed by atoms with Crippen LogP contribution in [0.25, 0.3) is 22.6 Å². The number of anilines is 3. The second kappa shape index (κ2) is 11.3. The van der Waals surface area contributed by atoms with E-state index in [0.29, 0.717) is 25.7 Å². The quantitative estimate of drug-likeness (QED) is 0.381. The van der Waals surface area contributed by atoms with E-state index in [4.69, 9.17) is 19.6 Å². The van der Waals surface area contributed by atoms with Gasteiger partial charge in [-0.2, -0.15) is 5.10 Å². The Labute approximate surface area is 222 Å². The van der Waals surface area contributed by atoms with Crippen molar-refractivity contribution in [2.24, 2.45) is 0 Å². The first-order valence-electron chi connectivity index (χ1n) is 13.0. The van der Waals surface area contributed by atoms with Crippen molar-refractivity contribution in [2.75, 3.05) is 63.3 Å². The van der Waals surface area contributed by atoms with Gasteiger partial charge in [-0.1, -0.05) is 6.07 Å². The molecule has 6 rings (SSSR count). The molecule has 1 aromatic carbocycles. The molecule has 0 saturated carbocycles. The van der Waals surface area contributed by atoms with Gasteiger partial charge in [-0.25, -0.2) is 9.97 Å². The fourth-order valence-electron chi connectivity index (χ4n) is 4.99. The summed E-state index contributed by atoms with van der Waals surface area (Å²) in [6, 6.07) is 16.2. The highest BCUT2D eigenvalue weighted by atomic mass is 16.5. The molecule has 1 saturated heterocycles. The smallest absolute Gasteiger partial charge is 0.227 e. The maximum Gasteiger partial charge on any atom is 0.227 e. The van der Waals surface area contributed by atoms with Crippen molar-refractivity contribution < 1.29 is 9.47 Å². The first kappa shape index (κ1) is 24.5. The summed E-state index contributed by atoms with van der Waals surface area (Å²) in [6.07, 6.45) is 3.56. The molecule has 2 aliphatic rings. The van der Waals surface area contributed by atoms with Crippen LogP contribution in [0.15, 0.2) is 60.9 Å². The van der Waals surface area contributed by atoms with E-state index in [-0.39, 0.29) is 0 Å². The highest BCUT2D eigenvalue weighted by Gasteiger charge is 2.25. The van der Waals surface area contributed by atoms with E-state index in [0.717, 1.165) is 73.4 Å². The number of ether oxygens (including phenoxy) is 2. The number of hydrogen-bond donors (Lipinski definition) is 1. The molecule has 38 heavy (non-hydrogen) atoms. The summed E-state index contributed by atoms with van der Waals surface area (Å²) in [7, 11) is 1.76. The predicted octanol–water partition coefficient (Wildman–Crippen LogP) is 3.44. The fraction of sp³-hybridized carbons (Fsp3) is 0.357. The Morgan fingerprint density at radius 1 is 0.921 bits per heavy atom. The van der Waals surface area contributed by atoms with Crippen molar-refractivity contribution in [3.05, 3.63) is 66.6 Å². The van der Waals surface area contributed by atoms with Crippen LogP contribution in [0.4, 0.5) is 17.3 Å². The molecule has 0 radical (unpaired) electrons. The molecule has 10 heteroatoms. The number of pyridine rings is 1. The van der Waals surface area contributed by atoms with Crippen LogP contribution in [0.2, 0.25) is 0 Å². The number of rotatable bonds is 8. The lowest BCUT2D eigenvalue weighted by Gasteiger charge is -2.36. The van der Waals surface area contributed by atoms with Gasteiger partial charge in [0.2, 0.25) is 5.95 Å². The van der Waals surface area contributed by atoms with Gasteiger partial charge < -0.3 is 19.7 Å². The van der Waals surface area contributed by atoms with Crippen LogP contribution in [0.5, 0.6) is 0 Å². The number of methoxy groups -OCH3 is 1. The van der Waals surface area contributed by atoms with E-state index in [1.165, 1.54) is 5.69 Å². The Hall–Kier alpha value is -3.86. The number of piperazine rings is 1. The van der Waals surface area contributed by atoms with Gasteiger partial charge >= 0.3 is 0 Å². The number of nitrogens with one attached hydrogen (secondary N) is 1. The van der Waals surface area contributed by atoms with Crippen LogP contribution in [-0.4, -0.2) is 82.7 Å². The topological polar surface area (TPSA) is 93.5 Å². The maximum absolute atomic E-state index is 5.77. The number of aromatic nitrogens is 5. The second-order valence-electron chi connectivity index (χ2n) is 9.42. The highest BCUT2D eigenvalue weighted by molar-refractivity contribution is 5.80. The molecule has 10 nitrogen and oxygen atoms in total. The molecule has 196 valence electrons. The third-order valence-electron chi connectivity index (χ3n) is 7.04. The van der Waals surface area contributed by atoms with E-state index in [1.54, 1.807) is 19.5 Å². The average molecular weight is 513 g/mol. The molecular weight excluding hydrogens is 480 g/mol. The summed E-state index contributed by atoms with van der Waals surface area (Å²) >= 11 is 0. The minimum Gasteiger partial charge on any atom is -0.383 e. The molecule has 2 aliphatic heterocycles. The maximum atomic E-state index is 5.77. The van der Waals surface area contributed by atoms with Crippen molar-refractivity contribution in [3.63, 3.8) is 0 Å². The van der Waals surface area contributed by atoms with Crippen molar-refractivity contribution >= 4 is 17.3 Å². The zero-order valence-electron chi connectivity index (χ0n) is 21.6. The minimum atomic E-state index is 0.490. The zero-order valence-corrected chi connectivity index (χ0v) is 21.6. The summed E-state index contributed by atoms with van der Waals surface area (Å²) in [6.45, 7) is 7.74. The molecular formula is C28H32N8O2. The lowest BCUT2D eigenvalue weighted by atomic mass is 10.1. The van der Waals surface area contributed by atoms with Gasteiger partial charge in [0.15, 0.2) is 0 Å². The van der Waals surface area contributed by atoms with Gasteiger partial charge in [-0.3, -0.25) is 14.6 Å². The van der Waals surface area contributed by atoms with Crippen molar-refractivity contribution in [1.82, 2.24) is 29.6 Å². The van der Waals surface area contributed by atoms with Gasteiger partial charge in [-0.05, 0) is 42.5 Å². The van der Waals surface area contributed by atoms with Crippen LogP contribution in [0, 0.1) is 0 Å². The number of nitrogens with zero attached hydrogens (tertiary/aromatic N) is 7. The van der Waals surface area contributed by atoms with E-state index >= 15 is 0 Å². The molecule has 1 fully saturated rings. The van der Waals surface area contributed by atoms with Crippen molar-refractivity contribution in [2.45, 2.75) is 13.2 Å². The van der Waals surface area contributed by atoms with Crippen LogP contribution in [-0.2, 0) is 22.6 Å². The zero-order chi connectivity index (χ0) is 25.7. The van der Waals surface area contributed by atoms with E-state index < -0.39 is 0 Å². The Morgan fingerprint density at radius 2 is 1.79 bits per heavy atom. The molecule has 1 N–H and O–H groups in total. The van der Waals surface area contributed by atoms with Crippen LogP contribution in [0.3, 0.4) is 0 Å². The van der Waals surface area contributed by atoms with Gasteiger partial charge in [-0.15, -0.1) is 0 Å². The predicted molar refractivity (Wildman–Crippen MR) is 146 cm³/mol. The molecule has 0 aliphatic carbocycles. The summed E-state index contributed by atoms with van der Waals surface area (Å²) in [4.78, 5) is 18.8. The number of fused-ring (bicyclic) bond motifs is 1. The Kier molecular flexibility index (Phi) is 7.25. The number of hydrogen-bond acceptors (Lipinski definition) is 9. The standard InChI is InChI=1S/C28H32N8O2/c1-37-18-16-34-12-14-35(15-13-34)22-7-5-21(6-8-22)31-28-30-11-9-23(32-28)26-25-20-38-19-17-36(25)33-27(26)24-4-2-3-10-29-24/h2-11H,12-20H2,1H3,(H,30,31,32). The van der Waals surface area contributed by atoms with Crippen molar-refractivity contribution in [3.8, 4) is 22.6 Å². The molecule has 0 bridgehead atoms. The number of benzene rings is 1. The SMILES string of the molecule is COCCN1CCN(c2ccc(Nc3nccc(-c4c(-c5ccccn5)nn5c4COCC5)n3)cc2)CC1. The molecule has 5 heterocycles.